The predicted molar refractivity (Wildman–Crippen MR) is 97.5 cm³/mol. The Morgan fingerprint density at radius 2 is 1.96 bits per heavy atom. The molecule has 0 amide bonds. The monoisotopic (exact) mass is 331 g/mol. The number of carbonyl (C=O) groups excluding carboxylic acids is 1. The van der Waals surface area contributed by atoms with Gasteiger partial charge in [0.05, 0.1) is 12.7 Å². The fourth-order valence-electron chi connectivity index (χ4n) is 2.88. The average molecular weight is 331 g/mol. The van der Waals surface area contributed by atoms with E-state index in [0.717, 1.165) is 24.4 Å². The molecule has 0 saturated heterocycles. The Labute approximate surface area is 143 Å². The van der Waals surface area contributed by atoms with Crippen molar-refractivity contribution in [1.29, 1.82) is 0 Å². The summed E-state index contributed by atoms with van der Waals surface area (Å²) in [4.78, 5) is 12.2. The standard InChI is InChI=1S/C19H25NO2S/c1-14(2)18-17(19(21)22-3)12-16(10-11-23-4)20(18)13-15-8-6-5-7-9-15/h5-9,12,14H,10-11,13H2,1-4H3. The number of benzene rings is 1. The van der Waals surface area contributed by atoms with Crippen LogP contribution in [0.2, 0.25) is 0 Å². The van der Waals surface area contributed by atoms with Gasteiger partial charge in [-0.05, 0) is 36.0 Å². The van der Waals surface area contributed by atoms with Crippen LogP contribution in [0.25, 0.3) is 0 Å². The highest BCUT2D eigenvalue weighted by atomic mass is 32.2. The predicted octanol–water partition coefficient (Wildman–Crippen LogP) is 4.35. The van der Waals surface area contributed by atoms with Crippen molar-refractivity contribution in [3.63, 3.8) is 0 Å². The molecule has 0 unspecified atom stereocenters. The zero-order valence-corrected chi connectivity index (χ0v) is 15.2. The molecule has 0 atom stereocenters. The summed E-state index contributed by atoms with van der Waals surface area (Å²) in [6, 6.07) is 12.4. The van der Waals surface area contributed by atoms with Gasteiger partial charge < -0.3 is 9.30 Å². The highest BCUT2D eigenvalue weighted by Crippen LogP contribution is 2.27. The van der Waals surface area contributed by atoms with E-state index < -0.39 is 0 Å². The minimum atomic E-state index is -0.245. The lowest BCUT2D eigenvalue weighted by molar-refractivity contribution is 0.0599. The Morgan fingerprint density at radius 3 is 2.52 bits per heavy atom. The second-order valence-electron chi connectivity index (χ2n) is 5.90. The number of aromatic nitrogens is 1. The van der Waals surface area contributed by atoms with E-state index in [4.69, 9.17) is 4.74 Å². The number of hydrogen-bond donors (Lipinski definition) is 0. The Bertz CT molecular complexity index is 647. The van der Waals surface area contributed by atoms with E-state index in [2.05, 4.69) is 48.9 Å². The van der Waals surface area contributed by atoms with Gasteiger partial charge in [-0.2, -0.15) is 11.8 Å². The Morgan fingerprint density at radius 1 is 1.26 bits per heavy atom. The minimum absolute atomic E-state index is 0.245. The SMILES string of the molecule is COC(=O)c1cc(CCSC)n(Cc2ccccc2)c1C(C)C. The van der Waals surface area contributed by atoms with Crippen molar-refractivity contribution < 1.29 is 9.53 Å². The van der Waals surface area contributed by atoms with Crippen LogP contribution in [-0.4, -0.2) is 29.7 Å². The molecule has 3 nitrogen and oxygen atoms in total. The van der Waals surface area contributed by atoms with Gasteiger partial charge in [0.25, 0.3) is 0 Å². The third-order valence-corrected chi connectivity index (χ3v) is 4.53. The lowest BCUT2D eigenvalue weighted by Gasteiger charge is -2.17. The summed E-state index contributed by atoms with van der Waals surface area (Å²) in [7, 11) is 1.45. The molecule has 0 aliphatic carbocycles. The maximum absolute atomic E-state index is 12.2. The third-order valence-electron chi connectivity index (χ3n) is 3.92. The fraction of sp³-hybridized carbons (Fsp3) is 0.421. The third kappa shape index (κ3) is 4.20. The second kappa shape index (κ2) is 8.25. The van der Waals surface area contributed by atoms with Crippen LogP contribution in [-0.2, 0) is 17.7 Å². The zero-order chi connectivity index (χ0) is 16.8. The van der Waals surface area contributed by atoms with Crippen LogP contribution in [0.3, 0.4) is 0 Å². The number of aryl methyl sites for hydroxylation is 1. The maximum atomic E-state index is 12.2. The van der Waals surface area contributed by atoms with E-state index >= 15 is 0 Å². The van der Waals surface area contributed by atoms with Crippen molar-refractivity contribution in [1.82, 2.24) is 4.57 Å². The summed E-state index contributed by atoms with van der Waals surface area (Å²) in [5.41, 5.74) is 4.21. The number of thioether (sulfide) groups is 1. The molecular formula is C19H25NO2S. The number of methoxy groups -OCH3 is 1. The summed E-state index contributed by atoms with van der Waals surface area (Å²) in [5, 5.41) is 0. The van der Waals surface area contributed by atoms with Crippen LogP contribution in [0.5, 0.6) is 0 Å². The topological polar surface area (TPSA) is 31.2 Å². The van der Waals surface area contributed by atoms with Gasteiger partial charge in [0, 0.05) is 17.9 Å². The van der Waals surface area contributed by atoms with E-state index in [0.29, 0.717) is 5.56 Å². The molecule has 0 aliphatic heterocycles. The van der Waals surface area contributed by atoms with Crippen molar-refractivity contribution in [2.45, 2.75) is 32.7 Å². The van der Waals surface area contributed by atoms with Gasteiger partial charge >= 0.3 is 5.97 Å². The molecule has 0 saturated carbocycles. The maximum Gasteiger partial charge on any atom is 0.339 e. The number of hydrogen-bond acceptors (Lipinski definition) is 3. The number of rotatable bonds is 7. The van der Waals surface area contributed by atoms with Gasteiger partial charge in [-0.3, -0.25) is 0 Å². The Hall–Kier alpha value is -1.68. The van der Waals surface area contributed by atoms with Gasteiger partial charge in [-0.1, -0.05) is 44.2 Å². The first-order valence-corrected chi connectivity index (χ1v) is 9.31. The molecule has 2 aromatic rings. The van der Waals surface area contributed by atoms with Crippen molar-refractivity contribution in [3.05, 3.63) is 58.9 Å². The Balaban J connectivity index is 2.50. The summed E-state index contributed by atoms with van der Waals surface area (Å²) in [5.74, 6) is 1.05. The van der Waals surface area contributed by atoms with Crippen molar-refractivity contribution in [3.8, 4) is 0 Å². The summed E-state index contributed by atoms with van der Waals surface area (Å²) in [6.45, 7) is 5.04. The smallest absolute Gasteiger partial charge is 0.339 e. The quantitative estimate of drug-likeness (QED) is 0.707. The molecule has 0 fully saturated rings. The normalized spacial score (nSPS) is 11.0. The largest absolute Gasteiger partial charge is 0.465 e. The summed E-state index contributed by atoms with van der Waals surface area (Å²) < 4.78 is 7.29. The first-order chi connectivity index (χ1) is 11.1. The highest BCUT2D eigenvalue weighted by Gasteiger charge is 2.22. The fourth-order valence-corrected chi connectivity index (χ4v) is 3.29. The van der Waals surface area contributed by atoms with Crippen molar-refractivity contribution in [2.75, 3.05) is 19.1 Å². The number of nitrogens with zero attached hydrogens (tertiary/aromatic N) is 1. The zero-order valence-electron chi connectivity index (χ0n) is 14.3. The summed E-state index contributed by atoms with van der Waals surface area (Å²) in [6.07, 6.45) is 3.06. The first kappa shape index (κ1) is 17.7. The van der Waals surface area contributed by atoms with E-state index in [1.807, 2.05) is 23.9 Å². The Kier molecular flexibility index (Phi) is 6.34. The van der Waals surface area contributed by atoms with Crippen LogP contribution < -0.4 is 0 Å². The van der Waals surface area contributed by atoms with Crippen LogP contribution in [0, 0.1) is 0 Å². The highest BCUT2D eigenvalue weighted by molar-refractivity contribution is 7.98. The molecule has 1 aromatic heterocycles. The molecule has 0 spiro atoms. The number of carbonyl (C=O) groups is 1. The lowest BCUT2D eigenvalue weighted by Crippen LogP contribution is -2.12. The van der Waals surface area contributed by atoms with Gasteiger partial charge in [0.15, 0.2) is 0 Å². The van der Waals surface area contributed by atoms with E-state index in [-0.39, 0.29) is 11.9 Å². The summed E-state index contributed by atoms with van der Waals surface area (Å²) >= 11 is 1.82. The molecule has 23 heavy (non-hydrogen) atoms. The van der Waals surface area contributed by atoms with Gasteiger partial charge in [0.2, 0.25) is 0 Å². The molecular weight excluding hydrogens is 306 g/mol. The molecule has 4 heteroatoms. The molecule has 0 radical (unpaired) electrons. The first-order valence-electron chi connectivity index (χ1n) is 7.92. The number of ether oxygens (including phenoxy) is 1. The molecule has 0 aliphatic rings. The molecule has 1 heterocycles. The molecule has 124 valence electrons. The van der Waals surface area contributed by atoms with E-state index in [1.54, 1.807) is 0 Å². The molecule has 0 N–H and O–H groups in total. The minimum Gasteiger partial charge on any atom is -0.465 e. The van der Waals surface area contributed by atoms with E-state index in [9.17, 15) is 4.79 Å². The van der Waals surface area contributed by atoms with Crippen LogP contribution in [0.15, 0.2) is 36.4 Å². The van der Waals surface area contributed by atoms with Crippen LogP contribution >= 0.6 is 11.8 Å². The lowest BCUT2D eigenvalue weighted by atomic mass is 10.1. The second-order valence-corrected chi connectivity index (χ2v) is 6.88. The van der Waals surface area contributed by atoms with Crippen molar-refractivity contribution in [2.24, 2.45) is 0 Å². The van der Waals surface area contributed by atoms with Gasteiger partial charge in [-0.15, -0.1) is 0 Å². The van der Waals surface area contributed by atoms with Crippen molar-refractivity contribution >= 4 is 17.7 Å². The molecule has 1 aromatic carbocycles. The van der Waals surface area contributed by atoms with Crippen LogP contribution in [0.1, 0.15) is 47.1 Å². The van der Waals surface area contributed by atoms with Gasteiger partial charge in [0.1, 0.15) is 0 Å². The number of esters is 1. The molecule has 0 bridgehead atoms. The molecule has 2 rings (SSSR count). The van der Waals surface area contributed by atoms with Gasteiger partial charge in [-0.25, -0.2) is 4.79 Å². The average Bonchev–Trinajstić information content (AvgIpc) is 2.91. The van der Waals surface area contributed by atoms with E-state index in [1.165, 1.54) is 18.4 Å². The van der Waals surface area contributed by atoms with Crippen LogP contribution in [0.4, 0.5) is 0 Å².